The normalized spacial score (nSPS) is 13.5. The van der Waals surface area contributed by atoms with Crippen LogP contribution in [0.5, 0.6) is 0 Å². The molecule has 0 aromatic carbocycles. The van der Waals surface area contributed by atoms with Crippen LogP contribution in [0, 0.1) is 5.92 Å². The third-order valence-electron chi connectivity index (χ3n) is 1.47. The molecule has 0 saturated carbocycles. The SMILES string of the molecule is C=C(Br)CNC(C)CC(C)C. The van der Waals surface area contributed by atoms with Gasteiger partial charge in [-0.15, -0.1) is 0 Å². The summed E-state index contributed by atoms with van der Waals surface area (Å²) >= 11 is 3.31. The van der Waals surface area contributed by atoms with Crippen LogP contribution >= 0.6 is 15.9 Å². The fourth-order valence-electron chi connectivity index (χ4n) is 1.08. The minimum Gasteiger partial charge on any atom is -0.310 e. The molecule has 66 valence electrons. The summed E-state index contributed by atoms with van der Waals surface area (Å²) in [6.45, 7) is 11.3. The largest absolute Gasteiger partial charge is 0.310 e. The minimum absolute atomic E-state index is 0.587. The lowest BCUT2D eigenvalue weighted by atomic mass is 10.1. The molecule has 0 bridgehead atoms. The Hall–Kier alpha value is 0.180. The Morgan fingerprint density at radius 2 is 2.00 bits per heavy atom. The molecule has 1 N–H and O–H groups in total. The number of hydrogen-bond acceptors (Lipinski definition) is 1. The van der Waals surface area contributed by atoms with Gasteiger partial charge in [0.1, 0.15) is 0 Å². The van der Waals surface area contributed by atoms with Crippen molar-refractivity contribution >= 4 is 15.9 Å². The molecule has 0 heterocycles. The van der Waals surface area contributed by atoms with Gasteiger partial charge in [0, 0.05) is 17.1 Å². The molecule has 0 aliphatic rings. The molecule has 11 heavy (non-hydrogen) atoms. The van der Waals surface area contributed by atoms with Crippen molar-refractivity contribution in [3.63, 3.8) is 0 Å². The van der Waals surface area contributed by atoms with E-state index in [9.17, 15) is 0 Å². The van der Waals surface area contributed by atoms with Gasteiger partial charge in [-0.3, -0.25) is 0 Å². The molecule has 2 heteroatoms. The van der Waals surface area contributed by atoms with Crippen molar-refractivity contribution in [2.75, 3.05) is 6.54 Å². The van der Waals surface area contributed by atoms with Crippen LogP contribution < -0.4 is 5.32 Å². The number of nitrogens with one attached hydrogen (secondary N) is 1. The molecule has 0 aromatic heterocycles. The molecule has 0 fully saturated rings. The summed E-state index contributed by atoms with van der Waals surface area (Å²) in [7, 11) is 0. The smallest absolute Gasteiger partial charge is 0.0268 e. The van der Waals surface area contributed by atoms with Crippen molar-refractivity contribution in [3.05, 3.63) is 11.1 Å². The predicted octanol–water partition coefficient (Wildman–Crippen LogP) is 2.92. The van der Waals surface area contributed by atoms with Crippen molar-refractivity contribution in [2.24, 2.45) is 5.92 Å². The Morgan fingerprint density at radius 1 is 1.45 bits per heavy atom. The van der Waals surface area contributed by atoms with E-state index in [1.165, 1.54) is 6.42 Å². The van der Waals surface area contributed by atoms with E-state index in [0.29, 0.717) is 6.04 Å². The van der Waals surface area contributed by atoms with Gasteiger partial charge in [0.05, 0.1) is 0 Å². The summed E-state index contributed by atoms with van der Waals surface area (Å²) in [4.78, 5) is 0. The molecule has 1 nitrogen and oxygen atoms in total. The summed E-state index contributed by atoms with van der Waals surface area (Å²) in [6.07, 6.45) is 1.22. The maximum atomic E-state index is 3.76. The van der Waals surface area contributed by atoms with Crippen molar-refractivity contribution < 1.29 is 0 Å². The van der Waals surface area contributed by atoms with Crippen LogP contribution in [0.3, 0.4) is 0 Å². The lowest BCUT2D eigenvalue weighted by Gasteiger charge is -2.15. The highest BCUT2D eigenvalue weighted by atomic mass is 79.9. The molecule has 0 saturated heterocycles. The van der Waals surface area contributed by atoms with E-state index in [2.05, 4.69) is 48.6 Å². The van der Waals surface area contributed by atoms with E-state index in [1.54, 1.807) is 0 Å². The summed E-state index contributed by atoms with van der Waals surface area (Å²) in [5.41, 5.74) is 0. The number of hydrogen-bond donors (Lipinski definition) is 1. The first-order valence-corrected chi connectivity index (χ1v) is 4.88. The molecule has 0 aliphatic carbocycles. The van der Waals surface area contributed by atoms with Crippen LogP contribution in [0.2, 0.25) is 0 Å². The first-order valence-electron chi connectivity index (χ1n) is 4.09. The van der Waals surface area contributed by atoms with Gasteiger partial charge >= 0.3 is 0 Å². The highest BCUT2D eigenvalue weighted by Gasteiger charge is 2.03. The summed E-state index contributed by atoms with van der Waals surface area (Å²) in [6, 6.07) is 0.587. The Kier molecular flexibility index (Phi) is 5.88. The van der Waals surface area contributed by atoms with Gasteiger partial charge in [0.15, 0.2) is 0 Å². The molecule has 0 aliphatic heterocycles. The molecule has 1 atom stereocenters. The number of halogens is 1. The standard InChI is InChI=1S/C9H18BrN/c1-7(2)5-9(4)11-6-8(3)10/h7,9,11H,3,5-6H2,1-2,4H3. The van der Waals surface area contributed by atoms with E-state index < -0.39 is 0 Å². The maximum Gasteiger partial charge on any atom is 0.0268 e. The highest BCUT2D eigenvalue weighted by molar-refractivity contribution is 9.11. The van der Waals surface area contributed by atoms with Crippen LogP contribution in [-0.4, -0.2) is 12.6 Å². The molecule has 0 radical (unpaired) electrons. The Labute approximate surface area is 78.4 Å². The van der Waals surface area contributed by atoms with Crippen molar-refractivity contribution in [1.82, 2.24) is 5.32 Å². The quantitative estimate of drug-likeness (QED) is 0.751. The van der Waals surface area contributed by atoms with E-state index in [4.69, 9.17) is 0 Å². The van der Waals surface area contributed by atoms with Gasteiger partial charge in [-0.25, -0.2) is 0 Å². The van der Waals surface area contributed by atoms with Gasteiger partial charge in [-0.1, -0.05) is 36.4 Å². The van der Waals surface area contributed by atoms with Crippen LogP contribution in [-0.2, 0) is 0 Å². The van der Waals surface area contributed by atoms with Crippen LogP contribution in [0.4, 0.5) is 0 Å². The average Bonchev–Trinajstić information content (AvgIpc) is 1.82. The zero-order valence-electron chi connectivity index (χ0n) is 7.65. The second kappa shape index (κ2) is 5.78. The molecule has 0 amide bonds. The third-order valence-corrected chi connectivity index (χ3v) is 1.75. The monoisotopic (exact) mass is 219 g/mol. The fourth-order valence-corrected chi connectivity index (χ4v) is 1.24. The van der Waals surface area contributed by atoms with Gasteiger partial charge in [-0.05, 0) is 19.3 Å². The Morgan fingerprint density at radius 3 is 2.36 bits per heavy atom. The fraction of sp³-hybridized carbons (Fsp3) is 0.778. The lowest BCUT2D eigenvalue weighted by Crippen LogP contribution is -2.28. The van der Waals surface area contributed by atoms with E-state index in [0.717, 1.165) is 16.9 Å². The van der Waals surface area contributed by atoms with Gasteiger partial charge < -0.3 is 5.32 Å². The van der Waals surface area contributed by atoms with Crippen LogP contribution in [0.25, 0.3) is 0 Å². The first kappa shape index (κ1) is 11.2. The second-order valence-corrected chi connectivity index (χ2v) is 4.55. The molecule has 1 unspecified atom stereocenters. The van der Waals surface area contributed by atoms with Crippen molar-refractivity contribution in [3.8, 4) is 0 Å². The van der Waals surface area contributed by atoms with E-state index in [1.807, 2.05) is 0 Å². The van der Waals surface area contributed by atoms with E-state index in [-0.39, 0.29) is 0 Å². The summed E-state index contributed by atoms with van der Waals surface area (Å²) < 4.78 is 1.02. The van der Waals surface area contributed by atoms with Crippen molar-refractivity contribution in [2.45, 2.75) is 33.2 Å². The number of rotatable bonds is 5. The second-order valence-electron chi connectivity index (χ2n) is 3.43. The van der Waals surface area contributed by atoms with Gasteiger partial charge in [-0.2, -0.15) is 0 Å². The zero-order chi connectivity index (χ0) is 8.85. The summed E-state index contributed by atoms with van der Waals surface area (Å²) in [5.74, 6) is 0.765. The van der Waals surface area contributed by atoms with Gasteiger partial charge in [0.25, 0.3) is 0 Å². The molecule has 0 rings (SSSR count). The first-order chi connectivity index (χ1) is 5.02. The van der Waals surface area contributed by atoms with Crippen LogP contribution in [0.1, 0.15) is 27.2 Å². The Bertz CT molecular complexity index is 121. The Balaban J connectivity index is 3.37. The maximum absolute atomic E-state index is 3.76. The zero-order valence-corrected chi connectivity index (χ0v) is 9.24. The molecule has 0 aromatic rings. The molecular formula is C9H18BrN. The van der Waals surface area contributed by atoms with Crippen LogP contribution in [0.15, 0.2) is 11.1 Å². The highest BCUT2D eigenvalue weighted by Crippen LogP contribution is 2.05. The van der Waals surface area contributed by atoms with E-state index >= 15 is 0 Å². The topological polar surface area (TPSA) is 12.0 Å². The third kappa shape index (κ3) is 8.08. The predicted molar refractivity (Wildman–Crippen MR) is 55.0 cm³/mol. The molecule has 0 spiro atoms. The van der Waals surface area contributed by atoms with Crippen molar-refractivity contribution in [1.29, 1.82) is 0 Å². The minimum atomic E-state index is 0.587. The average molecular weight is 220 g/mol. The molecular weight excluding hydrogens is 202 g/mol. The lowest BCUT2D eigenvalue weighted by molar-refractivity contribution is 0.457. The summed E-state index contributed by atoms with van der Waals surface area (Å²) in [5, 5.41) is 3.37. The van der Waals surface area contributed by atoms with Gasteiger partial charge in [0.2, 0.25) is 0 Å².